The lowest BCUT2D eigenvalue weighted by atomic mass is 10.1. The molecule has 0 amide bonds. The van der Waals surface area contributed by atoms with E-state index in [2.05, 4.69) is 90.1 Å². The summed E-state index contributed by atoms with van der Waals surface area (Å²) >= 11 is 1.73. The van der Waals surface area contributed by atoms with Gasteiger partial charge in [-0.05, 0) is 44.0 Å². The van der Waals surface area contributed by atoms with E-state index in [0.29, 0.717) is 0 Å². The molecule has 0 aliphatic heterocycles. The number of rotatable bonds is 5. The van der Waals surface area contributed by atoms with Crippen molar-refractivity contribution in [3.63, 3.8) is 0 Å². The molecule has 0 aliphatic rings. The van der Waals surface area contributed by atoms with Crippen LogP contribution in [0.25, 0.3) is 17.1 Å². The molecule has 28 heavy (non-hydrogen) atoms. The molecule has 0 saturated heterocycles. The SMILES string of the molecule is Cc1ccc(-n2c(SCc3cc(C)ccc3C)nnc2-c2ccccc2)cc1. The summed E-state index contributed by atoms with van der Waals surface area (Å²) in [5, 5.41) is 9.97. The zero-order valence-corrected chi connectivity index (χ0v) is 17.2. The second-order valence-corrected chi connectivity index (χ2v) is 8.00. The van der Waals surface area contributed by atoms with Crippen molar-refractivity contribution in [1.29, 1.82) is 0 Å². The molecule has 4 aromatic rings. The molecule has 0 fully saturated rings. The van der Waals surface area contributed by atoms with Crippen molar-refractivity contribution in [2.24, 2.45) is 0 Å². The number of aryl methyl sites for hydroxylation is 3. The van der Waals surface area contributed by atoms with Crippen LogP contribution >= 0.6 is 11.8 Å². The molecule has 0 saturated carbocycles. The Morgan fingerprint density at radius 1 is 0.786 bits per heavy atom. The van der Waals surface area contributed by atoms with E-state index in [-0.39, 0.29) is 0 Å². The Balaban J connectivity index is 1.74. The first-order chi connectivity index (χ1) is 13.6. The molecule has 0 spiro atoms. The number of nitrogens with zero attached hydrogens (tertiary/aromatic N) is 3. The van der Waals surface area contributed by atoms with Gasteiger partial charge in [0.1, 0.15) is 0 Å². The monoisotopic (exact) mass is 385 g/mol. The molecule has 0 unspecified atom stereocenters. The van der Waals surface area contributed by atoms with Crippen LogP contribution in [0.15, 0.2) is 78.0 Å². The second kappa shape index (κ2) is 8.03. The maximum absolute atomic E-state index is 4.53. The summed E-state index contributed by atoms with van der Waals surface area (Å²) in [4.78, 5) is 0. The van der Waals surface area contributed by atoms with Crippen molar-refractivity contribution in [3.8, 4) is 17.1 Å². The van der Waals surface area contributed by atoms with Crippen LogP contribution in [0.2, 0.25) is 0 Å². The Morgan fingerprint density at radius 2 is 1.50 bits per heavy atom. The molecule has 4 heteroatoms. The Bertz CT molecular complexity index is 1080. The summed E-state index contributed by atoms with van der Waals surface area (Å²) in [5.41, 5.74) is 7.31. The highest BCUT2D eigenvalue weighted by Crippen LogP contribution is 2.30. The molecule has 0 atom stereocenters. The summed E-state index contributed by atoms with van der Waals surface area (Å²) in [6.45, 7) is 6.40. The summed E-state index contributed by atoms with van der Waals surface area (Å²) in [6, 6.07) is 25.4. The summed E-state index contributed by atoms with van der Waals surface area (Å²) in [6.07, 6.45) is 0. The average Bonchev–Trinajstić information content (AvgIpc) is 3.14. The Labute approximate surface area is 170 Å². The average molecular weight is 386 g/mol. The van der Waals surface area contributed by atoms with Crippen molar-refractivity contribution in [2.75, 3.05) is 0 Å². The van der Waals surface area contributed by atoms with Crippen LogP contribution in [0.4, 0.5) is 0 Å². The molecule has 4 rings (SSSR count). The van der Waals surface area contributed by atoms with Crippen LogP contribution in [-0.2, 0) is 5.75 Å². The minimum absolute atomic E-state index is 0.867. The highest BCUT2D eigenvalue weighted by molar-refractivity contribution is 7.98. The van der Waals surface area contributed by atoms with Crippen molar-refractivity contribution in [3.05, 3.63) is 95.1 Å². The lowest BCUT2D eigenvalue weighted by Gasteiger charge is -2.11. The van der Waals surface area contributed by atoms with Crippen molar-refractivity contribution in [1.82, 2.24) is 14.8 Å². The highest BCUT2D eigenvalue weighted by atomic mass is 32.2. The van der Waals surface area contributed by atoms with Crippen molar-refractivity contribution < 1.29 is 0 Å². The van der Waals surface area contributed by atoms with Gasteiger partial charge in [-0.2, -0.15) is 0 Å². The van der Waals surface area contributed by atoms with Crippen molar-refractivity contribution in [2.45, 2.75) is 31.7 Å². The molecule has 140 valence electrons. The molecule has 0 radical (unpaired) electrons. The first-order valence-electron chi connectivity index (χ1n) is 9.38. The van der Waals surface area contributed by atoms with E-state index in [4.69, 9.17) is 0 Å². The maximum Gasteiger partial charge on any atom is 0.196 e. The van der Waals surface area contributed by atoms with Crippen LogP contribution in [0, 0.1) is 20.8 Å². The number of thioether (sulfide) groups is 1. The molecule has 1 aromatic heterocycles. The van der Waals surface area contributed by atoms with Gasteiger partial charge in [-0.15, -0.1) is 10.2 Å². The predicted octanol–water partition coefficient (Wildman–Crippen LogP) is 6.15. The highest BCUT2D eigenvalue weighted by Gasteiger charge is 2.16. The van der Waals surface area contributed by atoms with E-state index in [0.717, 1.165) is 28.0 Å². The quantitative estimate of drug-likeness (QED) is 0.386. The second-order valence-electron chi connectivity index (χ2n) is 7.06. The van der Waals surface area contributed by atoms with Gasteiger partial charge in [0.15, 0.2) is 11.0 Å². The van der Waals surface area contributed by atoms with Gasteiger partial charge in [0.05, 0.1) is 0 Å². The zero-order valence-electron chi connectivity index (χ0n) is 16.4. The van der Waals surface area contributed by atoms with E-state index in [1.54, 1.807) is 11.8 Å². The number of benzene rings is 3. The Hall–Kier alpha value is -2.85. The predicted molar refractivity (Wildman–Crippen MR) is 117 cm³/mol. The normalized spacial score (nSPS) is 11.0. The van der Waals surface area contributed by atoms with E-state index < -0.39 is 0 Å². The lowest BCUT2D eigenvalue weighted by Crippen LogP contribution is -2.00. The summed E-state index contributed by atoms with van der Waals surface area (Å²) in [7, 11) is 0. The topological polar surface area (TPSA) is 30.7 Å². The van der Waals surface area contributed by atoms with E-state index in [9.17, 15) is 0 Å². The minimum atomic E-state index is 0.867. The lowest BCUT2D eigenvalue weighted by molar-refractivity contribution is 0.885. The van der Waals surface area contributed by atoms with Crippen LogP contribution in [-0.4, -0.2) is 14.8 Å². The van der Waals surface area contributed by atoms with Gasteiger partial charge in [-0.1, -0.05) is 83.6 Å². The third-order valence-electron chi connectivity index (χ3n) is 4.82. The van der Waals surface area contributed by atoms with Crippen LogP contribution in [0.1, 0.15) is 22.3 Å². The maximum atomic E-state index is 4.53. The number of aromatic nitrogens is 3. The molecule has 0 N–H and O–H groups in total. The fourth-order valence-electron chi connectivity index (χ4n) is 3.16. The molecule has 0 aliphatic carbocycles. The molecular formula is C24H23N3S. The standard InChI is InChI=1S/C24H23N3S/c1-17-10-13-22(14-11-17)27-23(20-7-5-4-6-8-20)25-26-24(27)28-16-21-15-18(2)9-12-19(21)3/h4-15H,16H2,1-3H3. The van der Waals surface area contributed by atoms with Gasteiger partial charge in [-0.25, -0.2) is 0 Å². The third-order valence-corrected chi connectivity index (χ3v) is 5.80. The van der Waals surface area contributed by atoms with E-state index >= 15 is 0 Å². The Kier molecular flexibility index (Phi) is 5.31. The molecule has 3 aromatic carbocycles. The first kappa shape index (κ1) is 18.5. The van der Waals surface area contributed by atoms with Gasteiger partial charge < -0.3 is 0 Å². The third kappa shape index (κ3) is 3.87. The van der Waals surface area contributed by atoms with Crippen LogP contribution in [0.3, 0.4) is 0 Å². The molecule has 1 heterocycles. The minimum Gasteiger partial charge on any atom is -0.270 e. The molecule has 3 nitrogen and oxygen atoms in total. The summed E-state index contributed by atoms with van der Waals surface area (Å²) in [5.74, 6) is 1.74. The number of hydrogen-bond acceptors (Lipinski definition) is 3. The fourth-order valence-corrected chi connectivity index (χ4v) is 4.18. The molecular weight excluding hydrogens is 362 g/mol. The molecule has 0 bridgehead atoms. The Morgan fingerprint density at radius 3 is 2.25 bits per heavy atom. The van der Waals surface area contributed by atoms with Gasteiger partial charge in [0, 0.05) is 17.0 Å². The zero-order chi connectivity index (χ0) is 19.5. The largest absolute Gasteiger partial charge is 0.270 e. The van der Waals surface area contributed by atoms with Crippen LogP contribution < -0.4 is 0 Å². The van der Waals surface area contributed by atoms with Crippen molar-refractivity contribution >= 4 is 11.8 Å². The van der Waals surface area contributed by atoms with Gasteiger partial charge in [0.2, 0.25) is 0 Å². The van der Waals surface area contributed by atoms with E-state index in [1.165, 1.54) is 22.3 Å². The number of hydrogen-bond donors (Lipinski definition) is 0. The van der Waals surface area contributed by atoms with Gasteiger partial charge in [-0.3, -0.25) is 4.57 Å². The van der Waals surface area contributed by atoms with Gasteiger partial charge >= 0.3 is 0 Å². The van der Waals surface area contributed by atoms with Crippen LogP contribution in [0.5, 0.6) is 0 Å². The van der Waals surface area contributed by atoms with Gasteiger partial charge in [0.25, 0.3) is 0 Å². The summed E-state index contributed by atoms with van der Waals surface area (Å²) < 4.78 is 2.16. The smallest absolute Gasteiger partial charge is 0.196 e. The first-order valence-corrected chi connectivity index (χ1v) is 10.4. The fraction of sp³-hybridized carbons (Fsp3) is 0.167. The van der Waals surface area contributed by atoms with E-state index in [1.807, 2.05) is 18.2 Å².